The van der Waals surface area contributed by atoms with Gasteiger partial charge in [0.2, 0.25) is 0 Å². The van der Waals surface area contributed by atoms with Crippen LogP contribution in [-0.4, -0.2) is 4.92 Å². The first kappa shape index (κ1) is 21.5. The van der Waals surface area contributed by atoms with Gasteiger partial charge in [-0.2, -0.15) is 0 Å². The quantitative estimate of drug-likeness (QED) is 0.190. The highest BCUT2D eigenvalue weighted by Crippen LogP contribution is 2.38. The van der Waals surface area contributed by atoms with Crippen LogP contribution >= 0.6 is 0 Å². The number of nitro benzene ring substituents is 1. The normalized spacial score (nSPS) is 11.3. The van der Waals surface area contributed by atoms with Crippen molar-refractivity contribution in [3.8, 4) is 23.0 Å². The van der Waals surface area contributed by atoms with Gasteiger partial charge in [-0.05, 0) is 54.3 Å². The third-order valence-electron chi connectivity index (χ3n) is 5.68. The summed E-state index contributed by atoms with van der Waals surface area (Å²) in [6.07, 6.45) is 0. The van der Waals surface area contributed by atoms with Crippen LogP contribution in [0.15, 0.2) is 83.3 Å². The summed E-state index contributed by atoms with van der Waals surface area (Å²) in [6, 6.07) is 23.7. The van der Waals surface area contributed by atoms with Crippen molar-refractivity contribution in [3.63, 3.8) is 0 Å². The number of benzene rings is 4. The number of para-hydroxylation sites is 1. The van der Waals surface area contributed by atoms with E-state index < -0.39 is 4.92 Å². The van der Waals surface area contributed by atoms with Crippen LogP contribution in [0, 0.1) is 17.0 Å². The van der Waals surface area contributed by atoms with Gasteiger partial charge in [0.1, 0.15) is 34.2 Å². The lowest BCUT2D eigenvalue weighted by molar-refractivity contribution is -0.385. The predicted molar refractivity (Wildman–Crippen MR) is 132 cm³/mol. The first-order valence-corrected chi connectivity index (χ1v) is 11.0. The second-order valence-corrected chi connectivity index (χ2v) is 8.58. The zero-order chi connectivity index (χ0) is 23.8. The summed E-state index contributed by atoms with van der Waals surface area (Å²) in [7, 11) is 0. The Balaban J connectivity index is 1.52. The summed E-state index contributed by atoms with van der Waals surface area (Å²) in [5.41, 5.74) is 3.50. The molecule has 0 saturated carbocycles. The summed E-state index contributed by atoms with van der Waals surface area (Å²) >= 11 is 0. The van der Waals surface area contributed by atoms with Crippen LogP contribution in [0.3, 0.4) is 0 Å². The second kappa shape index (κ2) is 8.56. The van der Waals surface area contributed by atoms with Crippen LogP contribution in [0.1, 0.15) is 30.9 Å². The smallest absolute Gasteiger partial charge is 0.276 e. The molecule has 0 spiro atoms. The molecule has 0 fully saturated rings. The van der Waals surface area contributed by atoms with Gasteiger partial charge in [0.15, 0.2) is 0 Å². The molecule has 0 N–H and O–H groups in total. The maximum absolute atomic E-state index is 11.6. The summed E-state index contributed by atoms with van der Waals surface area (Å²) in [5.74, 6) is 2.11. The minimum atomic E-state index is -0.452. The fourth-order valence-corrected chi connectivity index (χ4v) is 4.02. The van der Waals surface area contributed by atoms with Crippen molar-refractivity contribution < 1.29 is 18.8 Å². The van der Waals surface area contributed by atoms with E-state index in [-0.39, 0.29) is 11.6 Å². The zero-order valence-electron chi connectivity index (χ0n) is 19.1. The lowest BCUT2D eigenvalue weighted by Crippen LogP contribution is -1.96. The van der Waals surface area contributed by atoms with Gasteiger partial charge in [-0.25, -0.2) is 0 Å². The van der Waals surface area contributed by atoms with Crippen molar-refractivity contribution >= 4 is 27.6 Å². The average Bonchev–Trinajstić information content (AvgIpc) is 3.17. The lowest BCUT2D eigenvalue weighted by atomic mass is 10.0. The zero-order valence-corrected chi connectivity index (χ0v) is 19.1. The van der Waals surface area contributed by atoms with Gasteiger partial charge in [0.25, 0.3) is 5.69 Å². The fourth-order valence-electron chi connectivity index (χ4n) is 4.02. The average molecular weight is 453 g/mol. The molecule has 0 atom stereocenters. The Bertz CT molecular complexity index is 1530. The van der Waals surface area contributed by atoms with Crippen molar-refractivity contribution in [2.45, 2.75) is 26.7 Å². The molecule has 0 radical (unpaired) electrons. The van der Waals surface area contributed by atoms with Gasteiger partial charge in [-0.3, -0.25) is 10.1 Å². The van der Waals surface area contributed by atoms with Crippen molar-refractivity contribution in [3.05, 3.63) is 100 Å². The molecular formula is C28H23NO5. The highest BCUT2D eigenvalue weighted by Gasteiger charge is 2.16. The van der Waals surface area contributed by atoms with Crippen LogP contribution in [0.4, 0.5) is 5.69 Å². The van der Waals surface area contributed by atoms with Crippen LogP contribution in [0.25, 0.3) is 21.9 Å². The van der Waals surface area contributed by atoms with E-state index in [1.165, 1.54) is 12.1 Å². The van der Waals surface area contributed by atoms with E-state index in [9.17, 15) is 10.1 Å². The largest absolute Gasteiger partial charge is 0.457 e. The van der Waals surface area contributed by atoms with Gasteiger partial charge >= 0.3 is 0 Å². The molecule has 4 aromatic carbocycles. The highest BCUT2D eigenvalue weighted by molar-refractivity contribution is 6.05. The van der Waals surface area contributed by atoms with E-state index in [0.717, 1.165) is 33.1 Å². The minimum Gasteiger partial charge on any atom is -0.457 e. The maximum Gasteiger partial charge on any atom is 0.276 e. The van der Waals surface area contributed by atoms with Gasteiger partial charge in [-0.1, -0.05) is 44.2 Å². The number of nitrogens with zero attached hydrogens (tertiary/aromatic N) is 1. The lowest BCUT2D eigenvalue weighted by Gasteiger charge is -2.15. The Kier molecular flexibility index (Phi) is 5.42. The van der Waals surface area contributed by atoms with Crippen molar-refractivity contribution in [1.82, 2.24) is 0 Å². The van der Waals surface area contributed by atoms with Crippen LogP contribution in [0.2, 0.25) is 0 Å². The second-order valence-electron chi connectivity index (χ2n) is 8.58. The van der Waals surface area contributed by atoms with Gasteiger partial charge < -0.3 is 13.9 Å². The van der Waals surface area contributed by atoms with Crippen molar-refractivity contribution in [2.24, 2.45) is 0 Å². The number of fused-ring (bicyclic) bond motifs is 3. The van der Waals surface area contributed by atoms with Crippen molar-refractivity contribution in [1.29, 1.82) is 0 Å². The third-order valence-corrected chi connectivity index (χ3v) is 5.68. The predicted octanol–water partition coefficient (Wildman–Crippen LogP) is 8.51. The Morgan fingerprint density at radius 2 is 1.53 bits per heavy atom. The van der Waals surface area contributed by atoms with E-state index in [1.807, 2.05) is 61.5 Å². The first-order chi connectivity index (χ1) is 16.4. The Labute approximate surface area is 196 Å². The van der Waals surface area contributed by atoms with Gasteiger partial charge in [-0.15, -0.1) is 0 Å². The third kappa shape index (κ3) is 4.18. The summed E-state index contributed by atoms with van der Waals surface area (Å²) < 4.78 is 18.1. The molecule has 0 aliphatic heterocycles. The Morgan fingerprint density at radius 3 is 2.29 bits per heavy atom. The number of rotatable bonds is 6. The molecule has 1 aromatic heterocycles. The topological polar surface area (TPSA) is 74.7 Å². The number of hydrogen-bond donors (Lipinski definition) is 0. The van der Waals surface area contributed by atoms with E-state index >= 15 is 0 Å². The monoisotopic (exact) mass is 453 g/mol. The molecule has 0 unspecified atom stereocenters. The number of non-ortho nitro benzene ring substituents is 1. The molecule has 0 aliphatic rings. The van der Waals surface area contributed by atoms with Gasteiger partial charge in [0.05, 0.1) is 17.1 Å². The summed E-state index contributed by atoms with van der Waals surface area (Å²) in [4.78, 5) is 11.2. The SMILES string of the molecule is Cc1ccc(C(C)C)c(Oc2cc(Oc3ccc4oc5ccccc5c4c3)cc([N+](=O)[O-])c2)c1. The minimum absolute atomic E-state index is 0.110. The molecule has 5 aromatic rings. The number of hydrogen-bond acceptors (Lipinski definition) is 5. The molecule has 0 aliphatic carbocycles. The van der Waals surface area contributed by atoms with E-state index in [1.54, 1.807) is 12.1 Å². The standard InChI is InChI=1S/C28H23NO5/c1-17(2)23-10-8-18(3)12-28(23)33-22-14-19(29(30)31)13-21(15-22)32-20-9-11-27-25(16-20)24-6-4-5-7-26(24)34-27/h4-17H,1-3H3. The number of aryl methyl sites for hydroxylation is 1. The Morgan fingerprint density at radius 1 is 0.794 bits per heavy atom. The van der Waals surface area contributed by atoms with Crippen molar-refractivity contribution in [2.75, 3.05) is 0 Å². The molecule has 0 amide bonds. The van der Waals surface area contributed by atoms with Crippen LogP contribution < -0.4 is 9.47 Å². The van der Waals surface area contributed by atoms with Crippen LogP contribution in [-0.2, 0) is 0 Å². The Hall–Kier alpha value is -4.32. The molecule has 1 heterocycles. The molecule has 170 valence electrons. The fraction of sp³-hybridized carbons (Fsp3) is 0.143. The maximum atomic E-state index is 11.6. The molecule has 6 nitrogen and oxygen atoms in total. The molecular weight excluding hydrogens is 430 g/mol. The summed E-state index contributed by atoms with van der Waals surface area (Å²) in [6.45, 7) is 6.14. The highest BCUT2D eigenvalue weighted by atomic mass is 16.6. The number of ether oxygens (including phenoxy) is 2. The van der Waals surface area contributed by atoms with E-state index in [0.29, 0.717) is 23.0 Å². The van der Waals surface area contributed by atoms with Gasteiger partial charge in [0, 0.05) is 16.8 Å². The van der Waals surface area contributed by atoms with E-state index in [4.69, 9.17) is 13.9 Å². The molecule has 0 saturated heterocycles. The molecule has 5 rings (SSSR count). The molecule has 34 heavy (non-hydrogen) atoms. The van der Waals surface area contributed by atoms with E-state index in [2.05, 4.69) is 13.8 Å². The number of furan rings is 1. The summed E-state index contributed by atoms with van der Waals surface area (Å²) in [5, 5.41) is 13.5. The first-order valence-electron chi connectivity index (χ1n) is 11.0. The number of nitro groups is 1. The van der Waals surface area contributed by atoms with Crippen LogP contribution in [0.5, 0.6) is 23.0 Å². The molecule has 6 heteroatoms. The molecule has 0 bridgehead atoms.